The molecule has 9 heteroatoms. The molecule has 1 fully saturated rings. The molecule has 2 aromatic heterocycles. The first-order chi connectivity index (χ1) is 11.5. The molecule has 1 aliphatic heterocycles. The molecule has 0 aliphatic carbocycles. The van der Waals surface area contributed by atoms with Gasteiger partial charge in [-0.25, -0.2) is 4.79 Å². The van der Waals surface area contributed by atoms with Crippen molar-refractivity contribution in [2.24, 2.45) is 13.0 Å². The maximum absolute atomic E-state index is 12.5. The molecule has 24 heavy (non-hydrogen) atoms. The highest BCUT2D eigenvalue weighted by molar-refractivity contribution is 5.90. The third-order valence-electron chi connectivity index (χ3n) is 4.07. The van der Waals surface area contributed by atoms with Crippen LogP contribution >= 0.6 is 0 Å². The quantitative estimate of drug-likeness (QED) is 0.912. The number of hydrogen-bond donors (Lipinski definition) is 1. The lowest BCUT2D eigenvalue weighted by atomic mass is 9.95. The van der Waals surface area contributed by atoms with E-state index in [4.69, 9.17) is 9.26 Å². The van der Waals surface area contributed by atoms with Crippen LogP contribution in [0.1, 0.15) is 24.6 Å². The molecule has 0 unspecified atom stereocenters. The highest BCUT2D eigenvalue weighted by Gasteiger charge is 2.26. The lowest BCUT2D eigenvalue weighted by Gasteiger charge is -2.32. The molecule has 0 spiro atoms. The Bertz CT molecular complexity index is 710. The first-order valence-electron chi connectivity index (χ1n) is 7.98. The molecule has 2 aromatic rings. The average molecular weight is 334 g/mol. The van der Waals surface area contributed by atoms with Crippen molar-refractivity contribution in [1.29, 1.82) is 0 Å². The molecule has 1 N–H and O–H groups in total. The number of anilines is 1. The van der Waals surface area contributed by atoms with Crippen LogP contribution in [0.25, 0.3) is 0 Å². The standard InChI is InChI=1S/C15H22N6O3/c1-10-16-13(24-19-10)7-11-5-4-6-21(8-11)15(22)17-12-9-20(2)18-14(12)23-3/h9,11H,4-8H2,1-3H3,(H,17,22)/t11-/m1/s1. The van der Waals surface area contributed by atoms with Crippen molar-refractivity contribution in [2.45, 2.75) is 26.2 Å². The van der Waals surface area contributed by atoms with E-state index in [9.17, 15) is 4.79 Å². The molecule has 1 aliphatic rings. The summed E-state index contributed by atoms with van der Waals surface area (Å²) in [5.41, 5.74) is 0.569. The van der Waals surface area contributed by atoms with Crippen LogP contribution in [0.15, 0.2) is 10.7 Å². The SMILES string of the molecule is COc1nn(C)cc1NC(=O)N1CCC[C@H](Cc2nc(C)no2)C1. The van der Waals surface area contributed by atoms with Crippen molar-refractivity contribution in [3.8, 4) is 5.88 Å². The van der Waals surface area contributed by atoms with E-state index in [-0.39, 0.29) is 6.03 Å². The van der Waals surface area contributed by atoms with E-state index in [0.29, 0.717) is 42.2 Å². The normalized spacial score (nSPS) is 17.8. The van der Waals surface area contributed by atoms with E-state index in [1.807, 2.05) is 4.90 Å². The van der Waals surface area contributed by atoms with E-state index in [1.54, 1.807) is 24.9 Å². The number of piperidine rings is 1. The third kappa shape index (κ3) is 3.66. The summed E-state index contributed by atoms with van der Waals surface area (Å²) in [6, 6.07) is -0.146. The van der Waals surface area contributed by atoms with Gasteiger partial charge in [-0.1, -0.05) is 5.16 Å². The number of aromatic nitrogens is 4. The Hall–Kier alpha value is -2.58. The number of amides is 2. The van der Waals surface area contributed by atoms with Gasteiger partial charge in [0.15, 0.2) is 5.82 Å². The van der Waals surface area contributed by atoms with Gasteiger partial charge in [-0.3, -0.25) is 4.68 Å². The van der Waals surface area contributed by atoms with Crippen LogP contribution < -0.4 is 10.1 Å². The minimum absolute atomic E-state index is 0.146. The number of nitrogens with one attached hydrogen (secondary N) is 1. The fraction of sp³-hybridized carbons (Fsp3) is 0.600. The zero-order valence-electron chi connectivity index (χ0n) is 14.2. The van der Waals surface area contributed by atoms with Gasteiger partial charge >= 0.3 is 6.03 Å². The van der Waals surface area contributed by atoms with Gasteiger partial charge in [0.1, 0.15) is 5.69 Å². The van der Waals surface area contributed by atoms with Crippen LogP contribution in [0.3, 0.4) is 0 Å². The Balaban J connectivity index is 1.60. The summed E-state index contributed by atoms with van der Waals surface area (Å²) in [4.78, 5) is 18.6. The van der Waals surface area contributed by atoms with Crippen molar-refractivity contribution < 1.29 is 14.1 Å². The van der Waals surface area contributed by atoms with Gasteiger partial charge in [0, 0.05) is 26.6 Å². The zero-order valence-corrected chi connectivity index (χ0v) is 14.2. The Kier molecular flexibility index (Phi) is 4.68. The summed E-state index contributed by atoms with van der Waals surface area (Å²) in [7, 11) is 3.31. The molecule has 3 rings (SSSR count). The van der Waals surface area contributed by atoms with Gasteiger partial charge in [-0.15, -0.1) is 5.10 Å². The van der Waals surface area contributed by atoms with E-state index in [1.165, 1.54) is 7.11 Å². The number of methoxy groups -OCH3 is 1. The molecule has 3 heterocycles. The topological polar surface area (TPSA) is 98.3 Å². The molecule has 2 amide bonds. The summed E-state index contributed by atoms with van der Waals surface area (Å²) in [5, 5.41) is 10.8. The number of ether oxygens (including phenoxy) is 1. The molecular formula is C15H22N6O3. The number of carbonyl (C=O) groups excluding carboxylic acids is 1. The summed E-state index contributed by atoms with van der Waals surface area (Å²) in [5.74, 6) is 1.99. The highest BCUT2D eigenvalue weighted by atomic mass is 16.5. The Morgan fingerprint density at radius 3 is 3.08 bits per heavy atom. The van der Waals surface area contributed by atoms with Crippen LogP contribution in [0.5, 0.6) is 5.88 Å². The second-order valence-corrected chi connectivity index (χ2v) is 6.05. The maximum atomic E-state index is 12.5. The van der Waals surface area contributed by atoms with Gasteiger partial charge in [0.05, 0.1) is 13.3 Å². The molecule has 9 nitrogen and oxygen atoms in total. The lowest BCUT2D eigenvalue weighted by molar-refractivity contribution is 0.173. The minimum Gasteiger partial charge on any atom is -0.478 e. The van der Waals surface area contributed by atoms with Crippen molar-refractivity contribution in [1.82, 2.24) is 24.8 Å². The number of carbonyl (C=O) groups is 1. The van der Waals surface area contributed by atoms with Crippen molar-refractivity contribution in [2.75, 3.05) is 25.5 Å². The van der Waals surface area contributed by atoms with Crippen LogP contribution in [0, 0.1) is 12.8 Å². The first-order valence-corrected chi connectivity index (χ1v) is 7.98. The smallest absolute Gasteiger partial charge is 0.322 e. The highest BCUT2D eigenvalue weighted by Crippen LogP contribution is 2.24. The van der Waals surface area contributed by atoms with Gasteiger partial charge in [-0.2, -0.15) is 4.98 Å². The van der Waals surface area contributed by atoms with Crippen LogP contribution in [0.2, 0.25) is 0 Å². The second-order valence-electron chi connectivity index (χ2n) is 6.05. The minimum atomic E-state index is -0.146. The first kappa shape index (κ1) is 16.3. The largest absolute Gasteiger partial charge is 0.478 e. The average Bonchev–Trinajstić information content (AvgIpc) is 3.12. The maximum Gasteiger partial charge on any atom is 0.322 e. The molecule has 130 valence electrons. The molecular weight excluding hydrogens is 312 g/mol. The van der Waals surface area contributed by atoms with Gasteiger partial charge in [0.2, 0.25) is 5.89 Å². The van der Waals surface area contributed by atoms with E-state index < -0.39 is 0 Å². The fourth-order valence-corrected chi connectivity index (χ4v) is 2.98. The molecule has 0 bridgehead atoms. The number of hydrogen-bond acceptors (Lipinski definition) is 6. The van der Waals surface area contributed by atoms with E-state index in [0.717, 1.165) is 19.4 Å². The number of urea groups is 1. The van der Waals surface area contributed by atoms with Crippen LogP contribution in [0.4, 0.5) is 10.5 Å². The Morgan fingerprint density at radius 1 is 1.54 bits per heavy atom. The number of likely N-dealkylation sites (tertiary alicyclic amines) is 1. The van der Waals surface area contributed by atoms with Gasteiger partial charge in [-0.05, 0) is 25.7 Å². The monoisotopic (exact) mass is 334 g/mol. The number of nitrogens with zero attached hydrogens (tertiary/aromatic N) is 5. The molecule has 0 saturated carbocycles. The third-order valence-corrected chi connectivity index (χ3v) is 4.07. The number of rotatable bonds is 4. The van der Waals surface area contributed by atoms with Crippen LogP contribution in [-0.4, -0.2) is 51.1 Å². The van der Waals surface area contributed by atoms with E-state index in [2.05, 4.69) is 20.6 Å². The summed E-state index contributed by atoms with van der Waals surface area (Å²) in [6.45, 7) is 3.19. The predicted octanol–water partition coefficient (Wildman–Crippen LogP) is 1.61. The van der Waals surface area contributed by atoms with Crippen molar-refractivity contribution in [3.63, 3.8) is 0 Å². The second kappa shape index (κ2) is 6.90. The molecule has 0 aromatic carbocycles. The molecule has 0 radical (unpaired) electrons. The van der Waals surface area contributed by atoms with Crippen LogP contribution in [-0.2, 0) is 13.5 Å². The van der Waals surface area contributed by atoms with Crippen molar-refractivity contribution >= 4 is 11.7 Å². The molecule has 1 atom stereocenters. The summed E-state index contributed by atoms with van der Waals surface area (Å²) in [6.07, 6.45) is 4.41. The van der Waals surface area contributed by atoms with E-state index >= 15 is 0 Å². The molecule has 1 saturated heterocycles. The zero-order chi connectivity index (χ0) is 17.1. The Morgan fingerprint density at radius 2 is 2.38 bits per heavy atom. The summed E-state index contributed by atoms with van der Waals surface area (Å²) < 4.78 is 12.0. The summed E-state index contributed by atoms with van der Waals surface area (Å²) >= 11 is 0. The predicted molar refractivity (Wildman–Crippen MR) is 85.8 cm³/mol. The number of aryl methyl sites for hydroxylation is 2. The van der Waals surface area contributed by atoms with Gasteiger partial charge < -0.3 is 19.5 Å². The Labute approximate surface area is 140 Å². The fourth-order valence-electron chi connectivity index (χ4n) is 2.98. The van der Waals surface area contributed by atoms with Crippen molar-refractivity contribution in [3.05, 3.63) is 17.9 Å². The van der Waals surface area contributed by atoms with Gasteiger partial charge in [0.25, 0.3) is 5.88 Å². The lowest BCUT2D eigenvalue weighted by Crippen LogP contribution is -2.42.